The Balaban J connectivity index is 1.47. The Hall–Kier alpha value is -2.41. The van der Waals surface area contributed by atoms with Gasteiger partial charge in [0.1, 0.15) is 11.6 Å². The predicted molar refractivity (Wildman–Crippen MR) is 116 cm³/mol. The van der Waals surface area contributed by atoms with Gasteiger partial charge < -0.3 is 14.6 Å². The molecule has 4 rings (SSSR count). The van der Waals surface area contributed by atoms with E-state index in [1.54, 1.807) is 13.3 Å². The fraction of sp³-hybridized carbons (Fsp3) is 0.409. The van der Waals surface area contributed by atoms with Crippen LogP contribution < -0.4 is 4.74 Å². The maximum absolute atomic E-state index is 12.8. The summed E-state index contributed by atoms with van der Waals surface area (Å²) in [5.74, 6) is 2.00. The highest BCUT2D eigenvalue weighted by Gasteiger charge is 2.26. The third kappa shape index (κ3) is 4.78. The number of benzene rings is 1. The molecule has 0 saturated carbocycles. The number of ether oxygens (including phenoxy) is 1. The quantitative estimate of drug-likeness (QED) is 0.586. The summed E-state index contributed by atoms with van der Waals surface area (Å²) in [7, 11) is 1.66. The number of hydrogen-bond donors (Lipinski definition) is 1. The topological polar surface area (TPSA) is 71.1 Å². The highest BCUT2D eigenvalue weighted by atomic mass is 79.9. The van der Waals surface area contributed by atoms with E-state index in [-0.39, 0.29) is 11.9 Å². The molecule has 3 heterocycles. The van der Waals surface area contributed by atoms with Crippen LogP contribution in [0, 0.1) is 0 Å². The van der Waals surface area contributed by atoms with Crippen LogP contribution in [0.2, 0.25) is 0 Å². The molecule has 1 aliphatic heterocycles. The van der Waals surface area contributed by atoms with Gasteiger partial charge in [0, 0.05) is 36.1 Å². The van der Waals surface area contributed by atoms with Crippen molar-refractivity contribution in [3.8, 4) is 5.75 Å². The van der Waals surface area contributed by atoms with Gasteiger partial charge in [0.2, 0.25) is 5.91 Å². The van der Waals surface area contributed by atoms with Crippen LogP contribution in [0.1, 0.15) is 43.5 Å². The molecule has 1 fully saturated rings. The Labute approximate surface area is 178 Å². The number of likely N-dealkylation sites (tertiary alicyclic amines) is 1. The number of methoxy groups -OCH3 is 1. The number of aromatic amines is 1. The standard InChI is InChI=1S/C22H25BrN4O2/c1-29-18-9-6-15(7-10-18)14-27-17(4-2-3-5-21(27)28)8-11-20-25-19-12-16(23)13-24-22(19)26-20/h6-7,9-10,12-13,17H,2-5,8,11,14H2,1H3,(H,24,25,26)/t17-/m1/s1. The molecular weight excluding hydrogens is 432 g/mol. The maximum Gasteiger partial charge on any atom is 0.223 e. The number of rotatable bonds is 6. The molecule has 29 heavy (non-hydrogen) atoms. The van der Waals surface area contributed by atoms with Gasteiger partial charge >= 0.3 is 0 Å². The van der Waals surface area contributed by atoms with Crippen molar-refractivity contribution in [3.05, 3.63) is 52.4 Å². The Kier molecular flexibility index (Phi) is 6.13. The zero-order valence-electron chi connectivity index (χ0n) is 16.5. The van der Waals surface area contributed by atoms with E-state index >= 15 is 0 Å². The fourth-order valence-electron chi connectivity index (χ4n) is 3.95. The summed E-state index contributed by atoms with van der Waals surface area (Å²) in [6, 6.07) is 10.2. The predicted octanol–water partition coefficient (Wildman–Crippen LogP) is 4.63. The van der Waals surface area contributed by atoms with Gasteiger partial charge in [-0.3, -0.25) is 4.79 Å². The average molecular weight is 457 g/mol. The van der Waals surface area contributed by atoms with Crippen molar-refractivity contribution < 1.29 is 9.53 Å². The molecule has 0 bridgehead atoms. The smallest absolute Gasteiger partial charge is 0.223 e. The molecule has 0 radical (unpaired) electrons. The molecule has 0 unspecified atom stereocenters. The molecule has 1 aromatic carbocycles. The SMILES string of the molecule is COc1ccc(CN2C(=O)CCCC[C@@H]2CCc2nc3ncc(Br)cc3[nH]2)cc1. The minimum Gasteiger partial charge on any atom is -0.497 e. The van der Waals surface area contributed by atoms with Crippen LogP contribution in [0.3, 0.4) is 0 Å². The number of hydrogen-bond acceptors (Lipinski definition) is 4. The van der Waals surface area contributed by atoms with Gasteiger partial charge in [-0.25, -0.2) is 9.97 Å². The Morgan fingerprint density at radius 3 is 2.90 bits per heavy atom. The Morgan fingerprint density at radius 1 is 1.28 bits per heavy atom. The van der Waals surface area contributed by atoms with Gasteiger partial charge in [-0.05, 0) is 59.0 Å². The minimum atomic E-state index is 0.222. The number of halogens is 1. The first-order valence-electron chi connectivity index (χ1n) is 10.0. The highest BCUT2D eigenvalue weighted by molar-refractivity contribution is 9.10. The number of aromatic nitrogens is 3. The normalized spacial score (nSPS) is 17.5. The average Bonchev–Trinajstić information content (AvgIpc) is 3.05. The molecule has 1 saturated heterocycles. The first-order chi connectivity index (χ1) is 14.1. The summed E-state index contributed by atoms with van der Waals surface area (Å²) in [5.41, 5.74) is 2.79. The van der Waals surface area contributed by atoms with Crippen LogP contribution in [-0.4, -0.2) is 38.9 Å². The summed E-state index contributed by atoms with van der Waals surface area (Å²) in [4.78, 5) is 27.2. The number of pyridine rings is 1. The number of fused-ring (bicyclic) bond motifs is 1. The van der Waals surface area contributed by atoms with E-state index in [1.807, 2.05) is 30.3 Å². The van der Waals surface area contributed by atoms with Crippen LogP contribution in [0.4, 0.5) is 0 Å². The van der Waals surface area contributed by atoms with Crippen molar-refractivity contribution in [2.24, 2.45) is 0 Å². The lowest BCUT2D eigenvalue weighted by Crippen LogP contribution is -2.38. The van der Waals surface area contributed by atoms with Crippen molar-refractivity contribution in [1.82, 2.24) is 19.9 Å². The fourth-order valence-corrected chi connectivity index (χ4v) is 4.28. The van der Waals surface area contributed by atoms with Gasteiger partial charge in [-0.15, -0.1) is 0 Å². The number of carbonyl (C=O) groups excluding carboxylic acids is 1. The van der Waals surface area contributed by atoms with E-state index in [4.69, 9.17) is 4.74 Å². The van der Waals surface area contributed by atoms with Gasteiger partial charge in [-0.1, -0.05) is 18.6 Å². The molecule has 1 aliphatic rings. The second kappa shape index (κ2) is 8.95. The largest absolute Gasteiger partial charge is 0.497 e. The third-order valence-corrected chi connectivity index (χ3v) is 5.95. The molecule has 1 amide bonds. The summed E-state index contributed by atoms with van der Waals surface area (Å²) in [6.07, 6.45) is 7.17. The van der Waals surface area contributed by atoms with E-state index in [1.165, 1.54) is 0 Å². The maximum atomic E-state index is 12.8. The number of amides is 1. The van der Waals surface area contributed by atoms with Crippen LogP contribution in [0.5, 0.6) is 5.75 Å². The van der Waals surface area contributed by atoms with E-state index in [0.717, 1.165) is 64.9 Å². The molecule has 0 aliphatic carbocycles. The number of aryl methyl sites for hydroxylation is 1. The first kappa shape index (κ1) is 19.9. The zero-order valence-corrected chi connectivity index (χ0v) is 18.1. The second-order valence-corrected chi connectivity index (χ2v) is 8.43. The number of imidazole rings is 1. The molecule has 6 nitrogen and oxygen atoms in total. The van der Waals surface area contributed by atoms with Crippen LogP contribution in [-0.2, 0) is 17.8 Å². The van der Waals surface area contributed by atoms with E-state index in [2.05, 4.69) is 35.8 Å². The van der Waals surface area contributed by atoms with E-state index in [9.17, 15) is 4.79 Å². The van der Waals surface area contributed by atoms with Gasteiger partial charge in [0.05, 0.1) is 12.6 Å². The number of H-pyrrole nitrogens is 1. The van der Waals surface area contributed by atoms with Gasteiger partial charge in [-0.2, -0.15) is 0 Å². The summed E-state index contributed by atoms with van der Waals surface area (Å²) in [6.45, 7) is 0.641. The van der Waals surface area contributed by atoms with E-state index in [0.29, 0.717) is 13.0 Å². The van der Waals surface area contributed by atoms with E-state index < -0.39 is 0 Å². The number of nitrogens with zero attached hydrogens (tertiary/aromatic N) is 3. The molecule has 152 valence electrons. The summed E-state index contributed by atoms with van der Waals surface area (Å²) >= 11 is 3.44. The van der Waals surface area contributed by atoms with Crippen molar-refractivity contribution in [3.63, 3.8) is 0 Å². The van der Waals surface area contributed by atoms with Crippen molar-refractivity contribution in [2.45, 2.75) is 51.1 Å². The van der Waals surface area contributed by atoms with Gasteiger partial charge in [0.15, 0.2) is 5.65 Å². The molecule has 2 aromatic heterocycles. The van der Waals surface area contributed by atoms with Crippen molar-refractivity contribution in [1.29, 1.82) is 0 Å². The molecule has 7 heteroatoms. The van der Waals surface area contributed by atoms with Crippen LogP contribution in [0.25, 0.3) is 11.2 Å². The Bertz CT molecular complexity index is 986. The Morgan fingerprint density at radius 2 is 2.10 bits per heavy atom. The van der Waals surface area contributed by atoms with Crippen LogP contribution >= 0.6 is 15.9 Å². The van der Waals surface area contributed by atoms with Crippen molar-refractivity contribution in [2.75, 3.05) is 7.11 Å². The lowest BCUT2D eigenvalue weighted by Gasteiger charge is -2.30. The van der Waals surface area contributed by atoms with Crippen molar-refractivity contribution >= 4 is 33.0 Å². The minimum absolute atomic E-state index is 0.222. The molecule has 3 aromatic rings. The molecule has 1 N–H and O–H groups in total. The second-order valence-electron chi connectivity index (χ2n) is 7.52. The lowest BCUT2D eigenvalue weighted by atomic mass is 10.0. The number of carbonyl (C=O) groups is 1. The monoisotopic (exact) mass is 456 g/mol. The molecular formula is C22H25BrN4O2. The zero-order chi connectivity index (χ0) is 20.2. The van der Waals surface area contributed by atoms with Crippen LogP contribution in [0.15, 0.2) is 41.0 Å². The molecule has 1 atom stereocenters. The molecule has 0 spiro atoms. The first-order valence-corrected chi connectivity index (χ1v) is 10.8. The van der Waals surface area contributed by atoms with Gasteiger partial charge in [0.25, 0.3) is 0 Å². The number of nitrogens with one attached hydrogen (secondary N) is 1. The summed E-state index contributed by atoms with van der Waals surface area (Å²) in [5, 5.41) is 0. The highest BCUT2D eigenvalue weighted by Crippen LogP contribution is 2.25. The third-order valence-electron chi connectivity index (χ3n) is 5.52. The lowest BCUT2D eigenvalue weighted by molar-refractivity contribution is -0.133. The summed E-state index contributed by atoms with van der Waals surface area (Å²) < 4.78 is 6.17.